The van der Waals surface area contributed by atoms with Gasteiger partial charge in [0.1, 0.15) is 25.0 Å². The van der Waals surface area contributed by atoms with E-state index in [-0.39, 0.29) is 13.2 Å². The van der Waals surface area contributed by atoms with Crippen LogP contribution in [-0.4, -0.2) is 49.5 Å². The number of urea groups is 1. The summed E-state index contributed by atoms with van der Waals surface area (Å²) in [5.41, 5.74) is 12.7. The Bertz CT molecular complexity index is 1190. The maximum absolute atomic E-state index is 10.7. The van der Waals surface area contributed by atoms with Gasteiger partial charge >= 0.3 is 6.03 Å². The third kappa shape index (κ3) is 5.16. The molecular weight excluding hydrogens is 436 g/mol. The van der Waals surface area contributed by atoms with Crippen molar-refractivity contribution in [3.05, 3.63) is 83.4 Å². The number of fused-ring (bicyclic) bond motifs is 3. The number of rotatable bonds is 9. The summed E-state index contributed by atoms with van der Waals surface area (Å²) in [7, 11) is 1.50. The SMILES string of the molecule is COc1cc(/C=N\NC(N)=O)ccc1OC[C@@H](O)CON=C1c2ccccc2-c2ccccc21. The molecule has 0 unspecified atom stereocenters. The Morgan fingerprint density at radius 1 is 1.00 bits per heavy atom. The summed E-state index contributed by atoms with van der Waals surface area (Å²) >= 11 is 0. The Balaban J connectivity index is 1.35. The normalized spacial score (nSPS) is 12.6. The first-order chi connectivity index (χ1) is 16.6. The van der Waals surface area contributed by atoms with E-state index in [1.165, 1.54) is 13.3 Å². The van der Waals surface area contributed by atoms with Crippen molar-refractivity contribution < 1.29 is 24.2 Å². The number of nitrogens with two attached hydrogens (primary N) is 1. The molecule has 174 valence electrons. The first kappa shape index (κ1) is 22.8. The molecular formula is C25H24N4O5. The van der Waals surface area contributed by atoms with Crippen LogP contribution in [0.1, 0.15) is 16.7 Å². The van der Waals surface area contributed by atoms with Crippen LogP contribution in [0, 0.1) is 0 Å². The number of carbonyl (C=O) groups is 1. The fourth-order valence-corrected chi connectivity index (χ4v) is 3.57. The third-order valence-corrected chi connectivity index (χ3v) is 5.08. The fourth-order valence-electron chi connectivity index (χ4n) is 3.57. The number of nitrogens with one attached hydrogen (secondary N) is 1. The second-order valence-corrected chi connectivity index (χ2v) is 7.44. The van der Waals surface area contributed by atoms with E-state index in [0.717, 1.165) is 28.0 Å². The number of aliphatic hydroxyl groups is 1. The van der Waals surface area contributed by atoms with Crippen LogP contribution in [0.3, 0.4) is 0 Å². The zero-order valence-electron chi connectivity index (χ0n) is 18.5. The highest BCUT2D eigenvalue weighted by atomic mass is 16.6. The molecule has 4 N–H and O–H groups in total. The Labute approximate surface area is 196 Å². The number of hydrogen-bond donors (Lipinski definition) is 3. The van der Waals surface area contributed by atoms with Gasteiger partial charge in [-0.25, -0.2) is 10.2 Å². The molecule has 9 heteroatoms. The average molecular weight is 460 g/mol. The molecule has 0 fully saturated rings. The molecule has 3 aromatic carbocycles. The highest BCUT2D eigenvalue weighted by molar-refractivity contribution is 6.24. The van der Waals surface area contributed by atoms with Crippen molar-refractivity contribution in [2.24, 2.45) is 16.0 Å². The molecule has 0 heterocycles. The number of benzene rings is 3. The van der Waals surface area contributed by atoms with Gasteiger partial charge in [-0.2, -0.15) is 5.10 Å². The van der Waals surface area contributed by atoms with Crippen molar-refractivity contribution in [1.82, 2.24) is 5.43 Å². The number of carbonyl (C=O) groups excluding carboxylic acids is 1. The van der Waals surface area contributed by atoms with E-state index in [1.54, 1.807) is 18.2 Å². The smallest absolute Gasteiger partial charge is 0.332 e. The lowest BCUT2D eigenvalue weighted by atomic mass is 10.1. The molecule has 0 radical (unpaired) electrons. The number of nitrogens with zero attached hydrogens (tertiary/aromatic N) is 2. The maximum atomic E-state index is 10.7. The fraction of sp³-hybridized carbons (Fsp3) is 0.160. The summed E-state index contributed by atoms with van der Waals surface area (Å²) in [4.78, 5) is 16.2. The minimum atomic E-state index is -0.915. The monoisotopic (exact) mass is 460 g/mol. The third-order valence-electron chi connectivity index (χ3n) is 5.08. The van der Waals surface area contributed by atoms with Gasteiger partial charge in [0.25, 0.3) is 0 Å². The standard InChI is InChI=1S/C25H24N4O5/c1-32-23-12-16(13-27-28-25(26)31)10-11-22(23)33-14-17(30)15-34-29-24-20-8-4-2-6-18(20)19-7-3-5-9-21(19)24/h2-13,17,30H,14-15H2,1H3,(H3,26,28,31)/b27-13-/t17-/m1/s1. The van der Waals surface area contributed by atoms with Gasteiger partial charge in [-0.05, 0) is 34.9 Å². The van der Waals surface area contributed by atoms with E-state index in [1.807, 2.05) is 36.4 Å². The average Bonchev–Trinajstić information content (AvgIpc) is 3.17. The molecule has 2 amide bonds. The molecule has 1 aliphatic rings. The number of oxime groups is 1. The van der Waals surface area contributed by atoms with E-state index >= 15 is 0 Å². The molecule has 0 spiro atoms. The zero-order valence-corrected chi connectivity index (χ0v) is 18.5. The van der Waals surface area contributed by atoms with Gasteiger partial charge in [0.15, 0.2) is 11.5 Å². The topological polar surface area (TPSA) is 128 Å². The summed E-state index contributed by atoms with van der Waals surface area (Å²) in [5.74, 6) is 0.877. The van der Waals surface area contributed by atoms with Crippen molar-refractivity contribution in [1.29, 1.82) is 0 Å². The number of amides is 2. The molecule has 34 heavy (non-hydrogen) atoms. The van der Waals surface area contributed by atoms with Gasteiger partial charge in [0.05, 0.1) is 13.3 Å². The summed E-state index contributed by atoms with van der Waals surface area (Å²) < 4.78 is 11.0. The molecule has 0 saturated heterocycles. The molecule has 1 atom stereocenters. The van der Waals surface area contributed by atoms with Gasteiger partial charge in [-0.15, -0.1) is 0 Å². The van der Waals surface area contributed by atoms with E-state index < -0.39 is 12.1 Å². The van der Waals surface area contributed by atoms with Crippen molar-refractivity contribution in [3.8, 4) is 22.6 Å². The molecule has 3 aromatic rings. The van der Waals surface area contributed by atoms with Gasteiger partial charge in [-0.3, -0.25) is 0 Å². The van der Waals surface area contributed by atoms with E-state index in [2.05, 4.69) is 27.8 Å². The second-order valence-electron chi connectivity index (χ2n) is 7.44. The predicted octanol–water partition coefficient (Wildman–Crippen LogP) is 2.89. The van der Waals surface area contributed by atoms with E-state index in [0.29, 0.717) is 17.1 Å². The highest BCUT2D eigenvalue weighted by Crippen LogP contribution is 2.36. The summed E-state index contributed by atoms with van der Waals surface area (Å²) in [6, 6.07) is 20.3. The van der Waals surface area contributed by atoms with E-state index in [9.17, 15) is 9.90 Å². The maximum Gasteiger partial charge on any atom is 0.332 e. The van der Waals surface area contributed by atoms with Gasteiger partial charge < -0.3 is 25.2 Å². The van der Waals surface area contributed by atoms with Crippen LogP contribution in [0.4, 0.5) is 4.79 Å². The zero-order chi connectivity index (χ0) is 23.9. The van der Waals surface area contributed by atoms with Gasteiger partial charge in [0.2, 0.25) is 0 Å². The predicted molar refractivity (Wildman–Crippen MR) is 128 cm³/mol. The molecule has 4 rings (SSSR count). The summed E-state index contributed by atoms with van der Waals surface area (Å²) in [5, 5.41) is 18.3. The van der Waals surface area contributed by atoms with Crippen molar-refractivity contribution >= 4 is 18.0 Å². The lowest BCUT2D eigenvalue weighted by molar-refractivity contribution is 0.0140. The molecule has 0 aliphatic heterocycles. The van der Waals surface area contributed by atoms with Gasteiger partial charge in [-0.1, -0.05) is 53.7 Å². The molecule has 9 nitrogen and oxygen atoms in total. The van der Waals surface area contributed by atoms with Crippen LogP contribution in [0.5, 0.6) is 11.5 Å². The van der Waals surface area contributed by atoms with E-state index in [4.69, 9.17) is 20.0 Å². The minimum Gasteiger partial charge on any atom is -0.493 e. The Kier molecular flexibility index (Phi) is 7.04. The number of hydrogen-bond acceptors (Lipinski definition) is 7. The quantitative estimate of drug-likeness (QED) is 0.261. The van der Waals surface area contributed by atoms with Crippen molar-refractivity contribution in [3.63, 3.8) is 0 Å². The first-order valence-corrected chi connectivity index (χ1v) is 10.5. The Morgan fingerprint density at radius 2 is 1.65 bits per heavy atom. The lowest BCUT2D eigenvalue weighted by Crippen LogP contribution is -2.24. The summed E-state index contributed by atoms with van der Waals surface area (Å²) in [6.45, 7) is -0.0648. The Hall–Kier alpha value is -4.37. The number of ether oxygens (including phenoxy) is 2. The van der Waals surface area contributed by atoms with Crippen LogP contribution in [0.15, 0.2) is 77.0 Å². The van der Waals surface area contributed by atoms with Crippen LogP contribution < -0.4 is 20.6 Å². The number of aliphatic hydroxyl groups excluding tert-OH is 1. The number of primary amides is 1. The second kappa shape index (κ2) is 10.5. The molecule has 0 bridgehead atoms. The van der Waals surface area contributed by atoms with Gasteiger partial charge in [0, 0.05) is 11.1 Å². The molecule has 0 aromatic heterocycles. The van der Waals surface area contributed by atoms with Crippen LogP contribution in [0.25, 0.3) is 11.1 Å². The number of hydrazone groups is 1. The van der Waals surface area contributed by atoms with Crippen LogP contribution >= 0.6 is 0 Å². The first-order valence-electron chi connectivity index (χ1n) is 10.5. The lowest BCUT2D eigenvalue weighted by Gasteiger charge is -2.14. The summed E-state index contributed by atoms with van der Waals surface area (Å²) in [6.07, 6.45) is 0.500. The van der Waals surface area contributed by atoms with Crippen molar-refractivity contribution in [2.75, 3.05) is 20.3 Å². The largest absolute Gasteiger partial charge is 0.493 e. The molecule has 0 saturated carbocycles. The molecule has 1 aliphatic carbocycles. The van der Waals surface area contributed by atoms with Crippen LogP contribution in [-0.2, 0) is 4.84 Å². The minimum absolute atomic E-state index is 0.0228. The van der Waals surface area contributed by atoms with Crippen molar-refractivity contribution in [2.45, 2.75) is 6.10 Å². The Morgan fingerprint density at radius 3 is 2.26 bits per heavy atom. The number of methoxy groups -OCH3 is 1. The van der Waals surface area contributed by atoms with Crippen LogP contribution in [0.2, 0.25) is 0 Å². The highest BCUT2D eigenvalue weighted by Gasteiger charge is 2.24.